The summed E-state index contributed by atoms with van der Waals surface area (Å²) in [5.74, 6) is -0.232. The van der Waals surface area contributed by atoms with E-state index in [9.17, 15) is 4.79 Å². The maximum atomic E-state index is 12.3. The molecule has 0 aliphatic rings. The highest BCUT2D eigenvalue weighted by Gasteiger charge is 2.13. The van der Waals surface area contributed by atoms with Gasteiger partial charge >= 0.3 is 0 Å². The van der Waals surface area contributed by atoms with Gasteiger partial charge in [-0.1, -0.05) is 0 Å². The average molecular weight is 335 g/mol. The predicted molar refractivity (Wildman–Crippen MR) is 82.8 cm³/mol. The van der Waals surface area contributed by atoms with Gasteiger partial charge in [0.1, 0.15) is 0 Å². The Kier molecular flexibility index (Phi) is 4.04. The average Bonchev–Trinajstić information content (AvgIpc) is 2.38. The molecule has 1 amide bonds. The Morgan fingerprint density at radius 2 is 1.90 bits per heavy atom. The van der Waals surface area contributed by atoms with Crippen LogP contribution in [0.1, 0.15) is 27.3 Å². The quantitative estimate of drug-likeness (QED) is 0.827. The molecule has 0 spiro atoms. The summed E-state index contributed by atoms with van der Waals surface area (Å²) in [5, 5.41) is 10.7. The van der Waals surface area contributed by atoms with E-state index in [0.717, 1.165) is 10.0 Å². The van der Waals surface area contributed by atoms with Crippen molar-refractivity contribution in [1.29, 1.82) is 0 Å². The number of anilines is 2. The van der Waals surface area contributed by atoms with E-state index in [1.807, 2.05) is 13.0 Å². The highest BCUT2D eigenvalue weighted by Crippen LogP contribution is 2.28. The van der Waals surface area contributed by atoms with E-state index in [-0.39, 0.29) is 5.91 Å². The van der Waals surface area contributed by atoms with Crippen molar-refractivity contribution in [2.24, 2.45) is 0 Å². The number of nitrogens with two attached hydrogens (primary N) is 1. The third-order valence-electron chi connectivity index (χ3n) is 2.95. The van der Waals surface area contributed by atoms with Gasteiger partial charge in [-0.2, -0.15) is 10.2 Å². The van der Waals surface area contributed by atoms with E-state index in [1.165, 1.54) is 0 Å². The van der Waals surface area contributed by atoms with E-state index >= 15 is 0 Å². The molecule has 2 rings (SSSR count). The summed E-state index contributed by atoms with van der Waals surface area (Å²) in [7, 11) is 0. The molecule has 104 valence electrons. The summed E-state index contributed by atoms with van der Waals surface area (Å²) < 4.78 is 0.786. The highest BCUT2D eigenvalue weighted by molar-refractivity contribution is 9.10. The summed E-state index contributed by atoms with van der Waals surface area (Å²) in [6.07, 6.45) is 0. The molecule has 0 aliphatic carbocycles. The number of carbonyl (C=O) groups excluding carboxylic acids is 1. The molecule has 0 saturated carbocycles. The van der Waals surface area contributed by atoms with Crippen molar-refractivity contribution in [3.8, 4) is 0 Å². The number of nitrogens with one attached hydrogen (secondary N) is 1. The number of benzene rings is 1. The summed E-state index contributed by atoms with van der Waals surface area (Å²) in [6.45, 7) is 5.45. The Morgan fingerprint density at radius 3 is 2.60 bits per heavy atom. The summed E-state index contributed by atoms with van der Waals surface area (Å²) in [5.41, 5.74) is 9.86. The maximum absolute atomic E-state index is 12.3. The van der Waals surface area contributed by atoms with Gasteiger partial charge in [-0.05, 0) is 60.5 Å². The number of nitrogen functional groups attached to an aromatic ring is 1. The lowest BCUT2D eigenvalue weighted by Crippen LogP contribution is -2.15. The zero-order valence-corrected chi connectivity index (χ0v) is 13.1. The Labute approximate surface area is 125 Å². The lowest BCUT2D eigenvalue weighted by Gasteiger charge is -2.11. The van der Waals surface area contributed by atoms with Crippen LogP contribution in [-0.4, -0.2) is 16.1 Å². The molecule has 0 bridgehead atoms. The fourth-order valence-corrected chi connectivity index (χ4v) is 2.31. The molecular formula is C14H15BrN4O. The number of hydrogen-bond acceptors (Lipinski definition) is 4. The Balaban J connectivity index is 2.32. The van der Waals surface area contributed by atoms with Gasteiger partial charge in [0, 0.05) is 10.2 Å². The van der Waals surface area contributed by atoms with Gasteiger partial charge in [-0.3, -0.25) is 4.79 Å². The van der Waals surface area contributed by atoms with Gasteiger partial charge in [-0.15, -0.1) is 0 Å². The summed E-state index contributed by atoms with van der Waals surface area (Å²) in [6, 6.07) is 5.31. The molecule has 1 aromatic heterocycles. The molecule has 1 heterocycles. The molecule has 6 heteroatoms. The van der Waals surface area contributed by atoms with E-state index in [0.29, 0.717) is 28.3 Å². The van der Waals surface area contributed by atoms with Gasteiger partial charge in [-0.25, -0.2) is 0 Å². The number of aromatic nitrogens is 2. The monoisotopic (exact) mass is 334 g/mol. The fourth-order valence-electron chi connectivity index (χ4n) is 1.75. The van der Waals surface area contributed by atoms with Crippen molar-refractivity contribution in [3.05, 3.63) is 45.2 Å². The minimum atomic E-state index is -0.232. The third kappa shape index (κ3) is 2.96. The predicted octanol–water partition coefficient (Wildman–Crippen LogP) is 3.00. The van der Waals surface area contributed by atoms with E-state index in [4.69, 9.17) is 5.73 Å². The standard InChI is InChI=1S/C14H15BrN4O/c1-7-4-11(15)13(6-12(7)16)17-14(20)10-5-8(2)18-19-9(10)3/h4-6H,16H2,1-3H3,(H,17,20). The van der Waals surface area contributed by atoms with Crippen LogP contribution in [0.4, 0.5) is 11.4 Å². The van der Waals surface area contributed by atoms with E-state index in [2.05, 4.69) is 31.4 Å². The molecular weight excluding hydrogens is 320 g/mol. The van der Waals surface area contributed by atoms with Crippen molar-refractivity contribution >= 4 is 33.2 Å². The number of aryl methyl sites for hydroxylation is 3. The van der Waals surface area contributed by atoms with Gasteiger partial charge < -0.3 is 11.1 Å². The third-order valence-corrected chi connectivity index (χ3v) is 3.61. The molecule has 0 atom stereocenters. The minimum absolute atomic E-state index is 0.232. The molecule has 0 fully saturated rings. The van der Waals surface area contributed by atoms with Gasteiger partial charge in [0.05, 0.1) is 22.6 Å². The number of nitrogens with zero attached hydrogens (tertiary/aromatic N) is 2. The largest absolute Gasteiger partial charge is 0.398 e. The number of hydrogen-bond donors (Lipinski definition) is 2. The van der Waals surface area contributed by atoms with Crippen molar-refractivity contribution in [1.82, 2.24) is 10.2 Å². The van der Waals surface area contributed by atoms with Crippen molar-refractivity contribution in [2.75, 3.05) is 11.1 Å². The van der Waals surface area contributed by atoms with Crippen LogP contribution in [0.2, 0.25) is 0 Å². The number of halogens is 1. The first-order chi connectivity index (χ1) is 9.38. The van der Waals surface area contributed by atoms with Crippen LogP contribution < -0.4 is 11.1 Å². The van der Waals surface area contributed by atoms with Crippen molar-refractivity contribution in [2.45, 2.75) is 20.8 Å². The van der Waals surface area contributed by atoms with Crippen LogP contribution in [0.5, 0.6) is 0 Å². The summed E-state index contributed by atoms with van der Waals surface area (Å²) >= 11 is 3.42. The first-order valence-corrected chi connectivity index (χ1v) is 6.85. The second-order valence-electron chi connectivity index (χ2n) is 4.63. The molecule has 1 aromatic carbocycles. The number of rotatable bonds is 2. The number of carbonyl (C=O) groups is 1. The first-order valence-electron chi connectivity index (χ1n) is 6.06. The van der Waals surface area contributed by atoms with Gasteiger partial charge in [0.15, 0.2) is 0 Å². The topological polar surface area (TPSA) is 80.9 Å². The van der Waals surface area contributed by atoms with Crippen LogP contribution >= 0.6 is 15.9 Å². The van der Waals surface area contributed by atoms with Crippen molar-refractivity contribution < 1.29 is 4.79 Å². The molecule has 3 N–H and O–H groups in total. The van der Waals surface area contributed by atoms with E-state index < -0.39 is 0 Å². The second kappa shape index (κ2) is 5.58. The molecule has 0 saturated heterocycles. The molecule has 5 nitrogen and oxygen atoms in total. The maximum Gasteiger partial charge on any atom is 0.257 e. The fraction of sp³-hybridized carbons (Fsp3) is 0.214. The first kappa shape index (κ1) is 14.5. The minimum Gasteiger partial charge on any atom is -0.398 e. The molecule has 0 unspecified atom stereocenters. The number of amides is 1. The zero-order valence-electron chi connectivity index (χ0n) is 11.5. The molecule has 20 heavy (non-hydrogen) atoms. The summed E-state index contributed by atoms with van der Waals surface area (Å²) in [4.78, 5) is 12.3. The smallest absolute Gasteiger partial charge is 0.257 e. The molecule has 0 radical (unpaired) electrons. The molecule has 2 aromatic rings. The second-order valence-corrected chi connectivity index (χ2v) is 5.48. The van der Waals surface area contributed by atoms with Gasteiger partial charge in [0.2, 0.25) is 0 Å². The van der Waals surface area contributed by atoms with Crippen LogP contribution in [0.3, 0.4) is 0 Å². The van der Waals surface area contributed by atoms with E-state index in [1.54, 1.807) is 26.0 Å². The SMILES string of the molecule is Cc1cc(C(=O)Nc2cc(N)c(C)cc2Br)c(C)nn1. The van der Waals surface area contributed by atoms with Crippen LogP contribution in [0.15, 0.2) is 22.7 Å². The van der Waals surface area contributed by atoms with Crippen LogP contribution in [0.25, 0.3) is 0 Å². The van der Waals surface area contributed by atoms with Crippen LogP contribution in [-0.2, 0) is 0 Å². The Bertz CT molecular complexity index is 685. The highest BCUT2D eigenvalue weighted by atomic mass is 79.9. The Morgan fingerprint density at radius 1 is 1.20 bits per heavy atom. The van der Waals surface area contributed by atoms with Crippen LogP contribution in [0, 0.1) is 20.8 Å². The zero-order chi connectivity index (χ0) is 14.9. The lowest BCUT2D eigenvalue weighted by molar-refractivity contribution is 0.102. The Hall–Kier alpha value is -1.95. The van der Waals surface area contributed by atoms with Crippen molar-refractivity contribution in [3.63, 3.8) is 0 Å². The molecule has 0 aliphatic heterocycles. The lowest BCUT2D eigenvalue weighted by atomic mass is 10.1. The normalized spacial score (nSPS) is 10.4. The van der Waals surface area contributed by atoms with Gasteiger partial charge in [0.25, 0.3) is 5.91 Å².